The monoisotopic (exact) mass is 374 g/mol. The second-order valence-electron chi connectivity index (χ2n) is 6.49. The van der Waals surface area contributed by atoms with Crippen LogP contribution in [0, 0.1) is 0 Å². The molecule has 1 N–H and O–H groups in total. The largest absolute Gasteiger partial charge is 0.497 e. The molecule has 1 amide bonds. The van der Waals surface area contributed by atoms with Gasteiger partial charge in [-0.1, -0.05) is 12.1 Å². The number of carbonyl (C=O) groups is 1. The molecule has 1 atom stereocenters. The van der Waals surface area contributed by atoms with Crippen molar-refractivity contribution in [1.82, 2.24) is 5.32 Å². The number of nitrogens with one attached hydrogen (secondary N) is 1. The maximum Gasteiger partial charge on any atom is 0.251 e. The van der Waals surface area contributed by atoms with E-state index in [-0.39, 0.29) is 11.9 Å². The Balaban J connectivity index is 1.75. The number of amides is 1. The van der Waals surface area contributed by atoms with E-state index in [0.29, 0.717) is 24.2 Å². The van der Waals surface area contributed by atoms with E-state index >= 15 is 0 Å². The lowest BCUT2D eigenvalue weighted by Gasteiger charge is -2.21. The molecule has 0 aromatic heterocycles. The number of anilines is 1. The molecule has 1 aliphatic rings. The molecular formula is C19H22N2O4S. The van der Waals surface area contributed by atoms with Crippen LogP contribution in [-0.4, -0.2) is 33.7 Å². The summed E-state index contributed by atoms with van der Waals surface area (Å²) in [7, 11) is -1.73. The fraction of sp³-hybridized carbons (Fsp3) is 0.316. The van der Waals surface area contributed by atoms with Crippen LogP contribution in [0.4, 0.5) is 5.69 Å². The number of sulfonamides is 1. The molecule has 7 heteroatoms. The van der Waals surface area contributed by atoms with Crippen LogP contribution in [0.3, 0.4) is 0 Å². The Bertz CT molecular complexity index is 940. The third-order valence-corrected chi connectivity index (χ3v) is 5.71. The van der Waals surface area contributed by atoms with Gasteiger partial charge in [-0.15, -0.1) is 0 Å². The van der Waals surface area contributed by atoms with Crippen LogP contribution in [-0.2, 0) is 23.0 Å². The first-order valence-electron chi connectivity index (χ1n) is 8.33. The smallest absolute Gasteiger partial charge is 0.251 e. The molecular weight excluding hydrogens is 352 g/mol. The van der Waals surface area contributed by atoms with Crippen molar-refractivity contribution >= 4 is 21.6 Å². The number of hydrogen-bond acceptors (Lipinski definition) is 4. The second kappa shape index (κ2) is 6.99. The van der Waals surface area contributed by atoms with E-state index in [1.54, 1.807) is 25.3 Å². The number of benzene rings is 2. The molecule has 2 aromatic carbocycles. The Hall–Kier alpha value is -2.54. The first kappa shape index (κ1) is 18.3. The van der Waals surface area contributed by atoms with E-state index < -0.39 is 10.0 Å². The van der Waals surface area contributed by atoms with Crippen molar-refractivity contribution in [3.05, 3.63) is 59.2 Å². The normalized spacial score (nSPS) is 16.3. The lowest BCUT2D eigenvalue weighted by Crippen LogP contribution is -2.34. The highest BCUT2D eigenvalue weighted by Crippen LogP contribution is 2.34. The van der Waals surface area contributed by atoms with Crippen LogP contribution in [0.25, 0.3) is 0 Å². The number of carbonyl (C=O) groups excluding carboxylic acids is 1. The highest BCUT2D eigenvalue weighted by molar-refractivity contribution is 7.92. The van der Waals surface area contributed by atoms with E-state index in [4.69, 9.17) is 4.74 Å². The van der Waals surface area contributed by atoms with Gasteiger partial charge in [-0.25, -0.2) is 8.42 Å². The average Bonchev–Trinajstić information content (AvgIpc) is 2.94. The number of fused-ring (bicyclic) bond motifs is 1. The molecule has 6 nitrogen and oxygen atoms in total. The zero-order chi connectivity index (χ0) is 18.9. The Morgan fingerprint density at radius 2 is 2.04 bits per heavy atom. The molecule has 0 spiro atoms. The highest BCUT2D eigenvalue weighted by atomic mass is 32.2. The predicted molar refractivity (Wildman–Crippen MR) is 101 cm³/mol. The van der Waals surface area contributed by atoms with Crippen LogP contribution in [0.5, 0.6) is 5.75 Å². The summed E-state index contributed by atoms with van der Waals surface area (Å²) in [4.78, 5) is 12.5. The fourth-order valence-electron chi connectivity index (χ4n) is 3.32. The lowest BCUT2D eigenvalue weighted by molar-refractivity contribution is 0.0951. The Morgan fingerprint density at radius 3 is 2.73 bits per heavy atom. The Morgan fingerprint density at radius 1 is 1.27 bits per heavy atom. The van der Waals surface area contributed by atoms with Crippen molar-refractivity contribution in [2.24, 2.45) is 0 Å². The quantitative estimate of drug-likeness (QED) is 0.872. The summed E-state index contributed by atoms with van der Waals surface area (Å²) in [6.45, 7) is 2.25. The van der Waals surface area contributed by atoms with E-state index in [2.05, 4.69) is 5.32 Å². The minimum absolute atomic E-state index is 0.143. The number of nitrogens with zero attached hydrogens (tertiary/aromatic N) is 1. The van der Waals surface area contributed by atoms with Gasteiger partial charge in [0, 0.05) is 18.2 Å². The van der Waals surface area contributed by atoms with Gasteiger partial charge in [0.1, 0.15) is 5.75 Å². The van der Waals surface area contributed by atoms with Crippen molar-refractivity contribution in [1.29, 1.82) is 0 Å². The third-order valence-electron chi connectivity index (χ3n) is 4.44. The van der Waals surface area contributed by atoms with Crippen molar-refractivity contribution in [2.75, 3.05) is 17.7 Å². The first-order valence-corrected chi connectivity index (χ1v) is 10.2. The van der Waals surface area contributed by atoms with Crippen molar-refractivity contribution < 1.29 is 17.9 Å². The zero-order valence-electron chi connectivity index (χ0n) is 15.0. The van der Waals surface area contributed by atoms with E-state index in [0.717, 1.165) is 16.9 Å². The summed E-state index contributed by atoms with van der Waals surface area (Å²) >= 11 is 0. The van der Waals surface area contributed by atoms with Gasteiger partial charge in [0.15, 0.2) is 0 Å². The number of ether oxygens (including phenoxy) is 1. The fourth-order valence-corrected chi connectivity index (χ4v) is 4.58. The SMILES string of the molecule is COc1cccc(CNC(=O)c2ccc3c(c2)C[C@H](C)N3S(C)(=O)=O)c1. The number of hydrogen-bond donors (Lipinski definition) is 1. The maximum atomic E-state index is 12.5. The van der Waals surface area contributed by atoms with Gasteiger partial charge in [-0.3, -0.25) is 9.10 Å². The summed E-state index contributed by atoms with van der Waals surface area (Å²) < 4.78 is 30.5. The van der Waals surface area contributed by atoms with Gasteiger partial charge in [-0.2, -0.15) is 0 Å². The molecule has 0 saturated carbocycles. The Kier molecular flexibility index (Phi) is 4.91. The van der Waals surface area contributed by atoms with E-state index in [9.17, 15) is 13.2 Å². The average molecular weight is 374 g/mol. The predicted octanol–water partition coefficient (Wildman–Crippen LogP) is 2.34. The molecule has 138 valence electrons. The van der Waals surface area contributed by atoms with Crippen LogP contribution < -0.4 is 14.4 Å². The standard InChI is InChI=1S/C19H22N2O4S/c1-13-9-16-11-15(7-8-18(16)21(13)26(3,23)24)19(22)20-12-14-5-4-6-17(10-14)25-2/h4-8,10-11,13H,9,12H2,1-3H3,(H,20,22)/t13-/m0/s1. The molecule has 26 heavy (non-hydrogen) atoms. The molecule has 1 aliphatic heterocycles. The summed E-state index contributed by atoms with van der Waals surface area (Å²) in [5.74, 6) is 0.546. The van der Waals surface area contributed by atoms with Crippen LogP contribution in [0.1, 0.15) is 28.4 Å². The third kappa shape index (κ3) is 3.67. The zero-order valence-corrected chi connectivity index (χ0v) is 15.8. The van der Waals surface area contributed by atoms with E-state index in [1.807, 2.05) is 31.2 Å². The van der Waals surface area contributed by atoms with Gasteiger partial charge >= 0.3 is 0 Å². The minimum atomic E-state index is -3.33. The summed E-state index contributed by atoms with van der Waals surface area (Å²) in [6.07, 6.45) is 1.80. The molecule has 3 rings (SSSR count). The Labute approximate surface area is 153 Å². The molecule has 0 radical (unpaired) electrons. The second-order valence-corrected chi connectivity index (χ2v) is 8.35. The summed E-state index contributed by atoms with van der Waals surface area (Å²) in [6, 6.07) is 12.5. The minimum Gasteiger partial charge on any atom is -0.497 e. The van der Waals surface area contributed by atoms with Crippen LogP contribution in [0.15, 0.2) is 42.5 Å². The molecule has 0 fully saturated rings. The number of methoxy groups -OCH3 is 1. The van der Waals surface area contributed by atoms with E-state index in [1.165, 1.54) is 10.6 Å². The van der Waals surface area contributed by atoms with Gasteiger partial charge in [-0.05, 0) is 54.8 Å². The highest BCUT2D eigenvalue weighted by Gasteiger charge is 2.32. The van der Waals surface area contributed by atoms with Gasteiger partial charge in [0.2, 0.25) is 10.0 Å². The topological polar surface area (TPSA) is 75.7 Å². The number of rotatable bonds is 5. The lowest BCUT2D eigenvalue weighted by atomic mass is 10.1. The molecule has 0 bridgehead atoms. The van der Waals surface area contributed by atoms with Crippen molar-refractivity contribution in [2.45, 2.75) is 25.9 Å². The van der Waals surface area contributed by atoms with Gasteiger partial charge in [0.25, 0.3) is 5.91 Å². The van der Waals surface area contributed by atoms with Gasteiger partial charge < -0.3 is 10.1 Å². The van der Waals surface area contributed by atoms with Gasteiger partial charge in [0.05, 0.1) is 19.1 Å². The summed E-state index contributed by atoms with van der Waals surface area (Å²) in [5, 5.41) is 2.88. The molecule has 0 aliphatic carbocycles. The first-order chi connectivity index (χ1) is 12.3. The summed E-state index contributed by atoms with van der Waals surface area (Å²) in [5.41, 5.74) is 2.99. The van der Waals surface area contributed by atoms with Crippen molar-refractivity contribution in [3.8, 4) is 5.75 Å². The van der Waals surface area contributed by atoms with Crippen LogP contribution in [0.2, 0.25) is 0 Å². The molecule has 0 unspecified atom stereocenters. The van der Waals surface area contributed by atoms with Crippen molar-refractivity contribution in [3.63, 3.8) is 0 Å². The maximum absolute atomic E-state index is 12.5. The molecule has 0 saturated heterocycles. The van der Waals surface area contributed by atoms with Crippen LogP contribution >= 0.6 is 0 Å². The molecule has 1 heterocycles. The molecule has 2 aromatic rings.